The third-order valence-electron chi connectivity index (χ3n) is 8.11. The highest BCUT2D eigenvalue weighted by Gasteiger charge is 2.31. The number of benzene rings is 4. The lowest BCUT2D eigenvalue weighted by Crippen LogP contribution is -2.20. The molecule has 0 amide bonds. The number of anilines is 2. The van der Waals surface area contributed by atoms with Gasteiger partial charge >= 0.3 is 0 Å². The molecule has 4 aromatic rings. The summed E-state index contributed by atoms with van der Waals surface area (Å²) in [6.45, 7) is 18.2. The summed E-state index contributed by atoms with van der Waals surface area (Å²) < 4.78 is 7.56. The van der Waals surface area contributed by atoms with Gasteiger partial charge in [-0.2, -0.15) is 0 Å². The zero-order chi connectivity index (χ0) is 29.8. The van der Waals surface area contributed by atoms with Crippen molar-refractivity contribution in [2.45, 2.75) is 91.3 Å². The second-order valence-electron chi connectivity index (χ2n) is 12.5. The minimum Gasteiger partial charge on any atom is -0.399 e. The quantitative estimate of drug-likeness (QED) is 0.182. The van der Waals surface area contributed by atoms with Crippen molar-refractivity contribution in [3.63, 3.8) is 0 Å². The number of halogens is 1. The van der Waals surface area contributed by atoms with E-state index in [1.54, 1.807) is 0 Å². The highest BCUT2D eigenvalue weighted by atomic mass is 35.5. The van der Waals surface area contributed by atoms with E-state index in [4.69, 9.17) is 16.2 Å². The van der Waals surface area contributed by atoms with Crippen LogP contribution in [-0.4, -0.2) is 0 Å². The normalized spacial score (nSPS) is 13.0. The SMILES string of the molecule is CC(C)c1cccc(C(C)C)c1C(OC(c1ccc(N)cc1)c1c(C(C)C)cccc1C(C)C)c1ccc(N)cc1.Cl. The molecular formula is C38H49ClN2O. The maximum atomic E-state index is 7.56. The summed E-state index contributed by atoms with van der Waals surface area (Å²) in [5, 5.41) is 0. The molecule has 0 bridgehead atoms. The van der Waals surface area contributed by atoms with Gasteiger partial charge in [-0.15, -0.1) is 12.4 Å². The first-order chi connectivity index (χ1) is 19.5. The Hall–Kier alpha value is -3.27. The molecule has 224 valence electrons. The summed E-state index contributed by atoms with van der Waals surface area (Å²) in [5.74, 6) is 1.36. The van der Waals surface area contributed by atoms with Crippen LogP contribution in [0.5, 0.6) is 0 Å². The zero-order valence-corrected chi connectivity index (χ0v) is 27.3. The van der Waals surface area contributed by atoms with Gasteiger partial charge in [0.2, 0.25) is 0 Å². The fraction of sp³-hybridized carbons (Fsp3) is 0.368. The topological polar surface area (TPSA) is 61.3 Å². The Bertz CT molecular complexity index is 1280. The lowest BCUT2D eigenvalue weighted by atomic mass is 9.82. The molecule has 0 saturated heterocycles. The molecule has 0 radical (unpaired) electrons. The van der Waals surface area contributed by atoms with Crippen LogP contribution in [0.25, 0.3) is 0 Å². The van der Waals surface area contributed by atoms with Gasteiger partial charge in [0.15, 0.2) is 0 Å². The molecule has 4 rings (SSSR count). The number of hydrogen-bond donors (Lipinski definition) is 2. The number of nitrogens with two attached hydrogens (primary N) is 2. The molecule has 0 heterocycles. The van der Waals surface area contributed by atoms with Crippen molar-refractivity contribution in [3.05, 3.63) is 129 Å². The van der Waals surface area contributed by atoms with Gasteiger partial charge in [-0.3, -0.25) is 0 Å². The van der Waals surface area contributed by atoms with E-state index in [1.807, 2.05) is 24.3 Å². The number of rotatable bonds is 10. The van der Waals surface area contributed by atoms with E-state index < -0.39 is 0 Å². The zero-order valence-electron chi connectivity index (χ0n) is 26.5. The third-order valence-corrected chi connectivity index (χ3v) is 8.11. The Balaban J connectivity index is 0.00000484. The molecule has 2 unspecified atom stereocenters. The van der Waals surface area contributed by atoms with Gasteiger partial charge < -0.3 is 16.2 Å². The van der Waals surface area contributed by atoms with Crippen LogP contribution in [-0.2, 0) is 4.74 Å². The summed E-state index contributed by atoms with van der Waals surface area (Å²) in [5.41, 5.74) is 23.8. The second kappa shape index (κ2) is 14.3. The molecule has 3 nitrogen and oxygen atoms in total. The fourth-order valence-corrected chi connectivity index (χ4v) is 5.93. The van der Waals surface area contributed by atoms with E-state index in [2.05, 4.69) is 116 Å². The molecule has 0 saturated carbocycles. The van der Waals surface area contributed by atoms with Crippen molar-refractivity contribution in [1.82, 2.24) is 0 Å². The number of nitrogen functional groups attached to an aromatic ring is 2. The van der Waals surface area contributed by atoms with Crippen LogP contribution in [0.15, 0.2) is 84.9 Å². The molecule has 0 aromatic heterocycles. The van der Waals surface area contributed by atoms with Crippen molar-refractivity contribution in [1.29, 1.82) is 0 Å². The van der Waals surface area contributed by atoms with Gasteiger partial charge in [0.1, 0.15) is 12.2 Å². The molecule has 4 heteroatoms. The Morgan fingerprint density at radius 1 is 0.429 bits per heavy atom. The standard InChI is InChI=1S/C38H48N2O.ClH/c1-23(2)31-11-9-12-32(24(3)4)35(31)37(27-15-19-29(39)20-16-27)41-38(28-17-21-30(40)22-18-28)36-33(25(5)6)13-10-14-34(36)26(7)8;/h9-26,37-38H,39-40H2,1-8H3;1H. The van der Waals surface area contributed by atoms with E-state index in [9.17, 15) is 0 Å². The Labute approximate surface area is 260 Å². The van der Waals surface area contributed by atoms with Crippen molar-refractivity contribution >= 4 is 23.8 Å². The number of ether oxygens (including phenoxy) is 1. The predicted molar refractivity (Wildman–Crippen MR) is 183 cm³/mol. The van der Waals surface area contributed by atoms with Gasteiger partial charge in [0.25, 0.3) is 0 Å². The van der Waals surface area contributed by atoms with Crippen LogP contribution < -0.4 is 11.5 Å². The molecule has 0 aliphatic heterocycles. The van der Waals surface area contributed by atoms with Gasteiger partial charge in [0, 0.05) is 11.4 Å². The first-order valence-electron chi connectivity index (χ1n) is 15.1. The van der Waals surface area contributed by atoms with Crippen molar-refractivity contribution < 1.29 is 4.74 Å². The first kappa shape index (κ1) is 33.2. The van der Waals surface area contributed by atoms with E-state index in [0.29, 0.717) is 23.7 Å². The smallest absolute Gasteiger partial charge is 0.109 e. The molecule has 0 spiro atoms. The minimum atomic E-state index is -0.297. The lowest BCUT2D eigenvalue weighted by molar-refractivity contribution is 0.0285. The maximum absolute atomic E-state index is 7.56. The van der Waals surface area contributed by atoms with Crippen LogP contribution >= 0.6 is 12.4 Å². The van der Waals surface area contributed by atoms with Crippen LogP contribution in [0.2, 0.25) is 0 Å². The highest BCUT2D eigenvalue weighted by molar-refractivity contribution is 5.85. The van der Waals surface area contributed by atoms with Crippen LogP contribution in [0.1, 0.15) is 136 Å². The van der Waals surface area contributed by atoms with E-state index in [-0.39, 0.29) is 24.6 Å². The third kappa shape index (κ3) is 7.19. The Kier molecular flexibility index (Phi) is 11.3. The molecule has 2 atom stereocenters. The van der Waals surface area contributed by atoms with Crippen molar-refractivity contribution in [3.8, 4) is 0 Å². The molecule has 0 aliphatic carbocycles. The summed E-state index contributed by atoms with van der Waals surface area (Å²) in [6, 6.07) is 29.9. The van der Waals surface area contributed by atoms with Gasteiger partial charge in [-0.25, -0.2) is 0 Å². The summed E-state index contributed by atoms with van der Waals surface area (Å²) in [7, 11) is 0. The van der Waals surface area contributed by atoms with Crippen molar-refractivity contribution in [2.75, 3.05) is 11.5 Å². The van der Waals surface area contributed by atoms with Crippen LogP contribution in [0, 0.1) is 0 Å². The maximum Gasteiger partial charge on any atom is 0.109 e. The monoisotopic (exact) mass is 584 g/mol. The Morgan fingerprint density at radius 3 is 0.929 bits per heavy atom. The lowest BCUT2D eigenvalue weighted by Gasteiger charge is -2.34. The van der Waals surface area contributed by atoms with E-state index in [0.717, 1.165) is 22.5 Å². The van der Waals surface area contributed by atoms with Crippen LogP contribution in [0.4, 0.5) is 11.4 Å². The first-order valence-corrected chi connectivity index (χ1v) is 15.1. The average molecular weight is 585 g/mol. The minimum absolute atomic E-state index is 0. The van der Waals surface area contributed by atoms with Crippen molar-refractivity contribution in [2.24, 2.45) is 0 Å². The van der Waals surface area contributed by atoms with Gasteiger partial charge in [0.05, 0.1) is 0 Å². The summed E-state index contributed by atoms with van der Waals surface area (Å²) in [4.78, 5) is 0. The van der Waals surface area contributed by atoms with Gasteiger partial charge in [-0.05, 0) is 92.4 Å². The Morgan fingerprint density at radius 2 is 0.690 bits per heavy atom. The fourth-order valence-electron chi connectivity index (χ4n) is 5.93. The second-order valence-corrected chi connectivity index (χ2v) is 12.5. The molecule has 0 aliphatic rings. The summed E-state index contributed by atoms with van der Waals surface area (Å²) in [6.07, 6.45) is -0.594. The van der Waals surface area contributed by atoms with Gasteiger partial charge in [-0.1, -0.05) is 116 Å². The summed E-state index contributed by atoms with van der Waals surface area (Å²) >= 11 is 0. The molecule has 0 fully saturated rings. The molecule has 4 N–H and O–H groups in total. The average Bonchev–Trinajstić information content (AvgIpc) is 2.94. The predicted octanol–water partition coefficient (Wildman–Crippen LogP) is 10.7. The number of hydrogen-bond acceptors (Lipinski definition) is 3. The van der Waals surface area contributed by atoms with E-state index in [1.165, 1.54) is 33.4 Å². The van der Waals surface area contributed by atoms with Crippen LogP contribution in [0.3, 0.4) is 0 Å². The molecule has 4 aromatic carbocycles. The molecule has 42 heavy (non-hydrogen) atoms. The highest BCUT2D eigenvalue weighted by Crippen LogP contribution is 2.45. The largest absolute Gasteiger partial charge is 0.399 e. The van der Waals surface area contributed by atoms with E-state index >= 15 is 0 Å². The molecular weight excluding hydrogens is 536 g/mol.